The number of benzene rings is 2. The predicted molar refractivity (Wildman–Crippen MR) is 163 cm³/mol. The molecule has 3 amide bonds. The third-order valence-electron chi connectivity index (χ3n) is 7.48. The van der Waals surface area contributed by atoms with E-state index in [1.807, 2.05) is 12.1 Å². The summed E-state index contributed by atoms with van der Waals surface area (Å²) in [6, 6.07) is 12.3. The van der Waals surface area contributed by atoms with Crippen LogP contribution in [0.1, 0.15) is 47.1 Å². The monoisotopic (exact) mass is 618 g/mol. The van der Waals surface area contributed by atoms with Gasteiger partial charge in [-0.2, -0.15) is 0 Å². The first-order chi connectivity index (χ1) is 20.9. The van der Waals surface area contributed by atoms with Crippen molar-refractivity contribution in [3.8, 4) is 11.5 Å². The summed E-state index contributed by atoms with van der Waals surface area (Å²) in [7, 11) is 1.57. The van der Waals surface area contributed by atoms with Gasteiger partial charge in [-0.15, -0.1) is 11.8 Å². The molecule has 0 bridgehead atoms. The van der Waals surface area contributed by atoms with Crippen molar-refractivity contribution in [1.82, 2.24) is 20.5 Å². The van der Waals surface area contributed by atoms with Gasteiger partial charge in [0, 0.05) is 10.4 Å². The van der Waals surface area contributed by atoms with Crippen LogP contribution in [0.2, 0.25) is 0 Å². The van der Waals surface area contributed by atoms with Crippen LogP contribution in [0.5, 0.6) is 11.5 Å². The minimum absolute atomic E-state index is 0.0666. The molecule has 2 fully saturated rings. The van der Waals surface area contributed by atoms with Gasteiger partial charge in [0.2, 0.25) is 11.8 Å². The number of aliphatic carboxylic acids is 1. The maximum Gasteiger partial charge on any atom is 0.327 e. The van der Waals surface area contributed by atoms with Crippen LogP contribution in [0.4, 0.5) is 0 Å². The van der Waals surface area contributed by atoms with Crippen molar-refractivity contribution in [2.75, 3.05) is 7.11 Å². The number of carbonyl (C=O) groups excluding carboxylic acids is 3. The summed E-state index contributed by atoms with van der Waals surface area (Å²) in [6.07, 6.45) is 3.45. The number of thioether (sulfide) groups is 1. The SMILES string of the molecule is COc1ccc(/C=C/c2ccc(C(=O)N[C@H](C(=O)N[C@@H]3C(=O)N4[C@@H]3SC(C)(C)[C@@H]4C(=O)O)c3ccc(O)cc3)c(=O)[nH]2)cc1. The van der Waals surface area contributed by atoms with Gasteiger partial charge in [0.15, 0.2) is 0 Å². The topological polar surface area (TPSA) is 178 Å². The fraction of sp³-hybridized carbons (Fsp3) is 0.258. The number of hydrogen-bond acceptors (Lipinski definition) is 8. The minimum atomic E-state index is -1.34. The van der Waals surface area contributed by atoms with Crippen molar-refractivity contribution in [1.29, 1.82) is 0 Å². The highest BCUT2D eigenvalue weighted by molar-refractivity contribution is 8.01. The van der Waals surface area contributed by atoms with Crippen molar-refractivity contribution >= 4 is 47.6 Å². The first kappa shape index (κ1) is 30.4. The first-order valence-electron chi connectivity index (χ1n) is 13.6. The number of rotatable bonds is 9. The summed E-state index contributed by atoms with van der Waals surface area (Å²) in [4.78, 5) is 68.3. The van der Waals surface area contributed by atoms with Gasteiger partial charge in [-0.05, 0) is 67.4 Å². The average molecular weight is 619 g/mol. The number of H-pyrrole nitrogens is 1. The van der Waals surface area contributed by atoms with Crippen LogP contribution in [0.25, 0.3) is 12.2 Å². The number of phenols is 1. The van der Waals surface area contributed by atoms with Crippen molar-refractivity contribution in [3.05, 3.63) is 93.4 Å². The molecule has 0 spiro atoms. The lowest BCUT2D eigenvalue weighted by atomic mass is 9.95. The number of methoxy groups -OCH3 is 1. The van der Waals surface area contributed by atoms with Gasteiger partial charge in [0.25, 0.3) is 11.5 Å². The van der Waals surface area contributed by atoms with Crippen molar-refractivity contribution in [2.24, 2.45) is 0 Å². The highest BCUT2D eigenvalue weighted by Crippen LogP contribution is 2.50. The number of aromatic amines is 1. The Kier molecular flexibility index (Phi) is 8.24. The third kappa shape index (κ3) is 5.91. The largest absolute Gasteiger partial charge is 0.508 e. The fourth-order valence-corrected chi connectivity index (χ4v) is 6.85. The second-order valence-corrected chi connectivity index (χ2v) is 12.6. The lowest BCUT2D eigenvalue weighted by Crippen LogP contribution is -2.71. The van der Waals surface area contributed by atoms with Gasteiger partial charge in [-0.1, -0.05) is 30.3 Å². The number of nitrogens with one attached hydrogen (secondary N) is 3. The van der Waals surface area contributed by atoms with Gasteiger partial charge < -0.3 is 35.5 Å². The number of phenolic OH excluding ortho intramolecular Hbond substituents is 1. The molecule has 3 heterocycles. The highest BCUT2D eigenvalue weighted by atomic mass is 32.2. The summed E-state index contributed by atoms with van der Waals surface area (Å²) in [5.74, 6) is -2.62. The Labute approximate surface area is 256 Å². The zero-order valence-corrected chi connectivity index (χ0v) is 24.8. The van der Waals surface area contributed by atoms with E-state index in [9.17, 15) is 34.2 Å². The Morgan fingerprint density at radius 2 is 1.70 bits per heavy atom. The second kappa shape index (κ2) is 11.9. The lowest BCUT2D eigenvalue weighted by Gasteiger charge is -2.44. The van der Waals surface area contributed by atoms with Gasteiger partial charge >= 0.3 is 5.97 Å². The smallest absolute Gasteiger partial charge is 0.327 e. The van der Waals surface area contributed by atoms with E-state index in [1.54, 1.807) is 51.3 Å². The van der Waals surface area contributed by atoms with Crippen LogP contribution in [0, 0.1) is 0 Å². The van der Waals surface area contributed by atoms with E-state index in [2.05, 4.69) is 15.6 Å². The average Bonchev–Trinajstić information content (AvgIpc) is 3.25. The van der Waals surface area contributed by atoms with Crippen LogP contribution < -0.4 is 20.9 Å². The van der Waals surface area contributed by atoms with E-state index in [0.29, 0.717) is 11.4 Å². The highest BCUT2D eigenvalue weighted by Gasteiger charge is 2.64. The molecule has 13 heteroatoms. The van der Waals surface area contributed by atoms with Crippen LogP contribution >= 0.6 is 11.8 Å². The molecule has 2 aliphatic heterocycles. The maximum absolute atomic E-state index is 13.5. The van der Waals surface area contributed by atoms with E-state index in [0.717, 1.165) is 5.56 Å². The Bertz CT molecular complexity index is 1700. The number of nitrogens with zero attached hydrogens (tertiary/aromatic N) is 1. The van der Waals surface area contributed by atoms with E-state index >= 15 is 0 Å². The van der Waals surface area contributed by atoms with Crippen molar-refractivity contribution < 1.29 is 34.1 Å². The summed E-state index contributed by atoms with van der Waals surface area (Å²) in [6.45, 7) is 3.44. The summed E-state index contributed by atoms with van der Waals surface area (Å²) in [5, 5.41) is 24.0. The summed E-state index contributed by atoms with van der Waals surface area (Å²) < 4.78 is 4.36. The number of aromatic hydroxyl groups is 1. The van der Waals surface area contributed by atoms with Crippen LogP contribution in [-0.2, 0) is 14.4 Å². The summed E-state index contributed by atoms with van der Waals surface area (Å²) in [5.41, 5.74) is 0.669. The van der Waals surface area contributed by atoms with E-state index in [1.165, 1.54) is 47.0 Å². The molecule has 0 radical (unpaired) electrons. The van der Waals surface area contributed by atoms with E-state index in [4.69, 9.17) is 4.74 Å². The van der Waals surface area contributed by atoms with Crippen molar-refractivity contribution in [3.63, 3.8) is 0 Å². The molecule has 5 N–H and O–H groups in total. The molecule has 1 aromatic heterocycles. The molecular weight excluding hydrogens is 588 g/mol. The van der Waals surface area contributed by atoms with Gasteiger partial charge in [0.1, 0.15) is 40.6 Å². The van der Waals surface area contributed by atoms with Gasteiger partial charge in [0.05, 0.1) is 7.11 Å². The standard InChI is InChI=1S/C31H30N4O8S/c1-31(2)24(30(41)42)35-28(40)23(29(35)44-31)34-27(39)22(17-7-11-19(36)12-8-17)33-26(38)21-15-10-18(32-25(21)37)9-4-16-5-13-20(43-3)14-6-16/h4-15,22-24,29,36H,1-3H3,(H,32,37)(H,33,38)(H,34,39)(H,41,42)/b9-4+/t22-,23+,24-,29+/m0/s1. The Hall–Kier alpha value is -5.04. The molecular formula is C31H30N4O8S. The predicted octanol–water partition coefficient (Wildman–Crippen LogP) is 2.36. The zero-order valence-electron chi connectivity index (χ0n) is 23.9. The number of ether oxygens (including phenoxy) is 1. The molecule has 0 aliphatic carbocycles. The number of aromatic nitrogens is 1. The maximum atomic E-state index is 13.5. The van der Waals surface area contributed by atoms with Crippen LogP contribution in [-0.4, -0.2) is 73.1 Å². The van der Waals surface area contributed by atoms with Crippen LogP contribution in [0.3, 0.4) is 0 Å². The molecule has 2 saturated heterocycles. The van der Waals surface area contributed by atoms with Crippen LogP contribution in [0.15, 0.2) is 65.5 Å². The Balaban J connectivity index is 1.33. The number of pyridine rings is 1. The number of amides is 3. The van der Waals surface area contributed by atoms with E-state index in [-0.39, 0.29) is 16.9 Å². The number of carbonyl (C=O) groups is 4. The quantitative estimate of drug-likeness (QED) is 0.225. The molecule has 5 rings (SSSR count). The molecule has 44 heavy (non-hydrogen) atoms. The third-order valence-corrected chi connectivity index (χ3v) is 9.06. The van der Waals surface area contributed by atoms with Gasteiger partial charge in [-0.3, -0.25) is 19.2 Å². The number of β-lactam (4-membered cyclic amide) rings is 1. The Morgan fingerprint density at radius 1 is 1.02 bits per heavy atom. The van der Waals surface area contributed by atoms with Crippen molar-refractivity contribution in [2.45, 2.75) is 42.1 Å². The molecule has 12 nitrogen and oxygen atoms in total. The molecule has 2 aliphatic rings. The first-order valence-corrected chi connectivity index (χ1v) is 14.5. The summed E-state index contributed by atoms with van der Waals surface area (Å²) >= 11 is 1.27. The number of hydrogen-bond donors (Lipinski definition) is 5. The molecule has 2 aromatic carbocycles. The Morgan fingerprint density at radius 3 is 2.32 bits per heavy atom. The minimum Gasteiger partial charge on any atom is -0.508 e. The number of carboxylic acids is 1. The molecule has 3 aromatic rings. The fourth-order valence-electron chi connectivity index (χ4n) is 5.22. The van der Waals surface area contributed by atoms with Gasteiger partial charge in [-0.25, -0.2) is 4.79 Å². The number of carboxylic acid groups (broad SMARTS) is 1. The molecule has 4 atom stereocenters. The zero-order chi connectivity index (χ0) is 31.8. The molecule has 0 saturated carbocycles. The normalized spacial score (nSPS) is 20.8. The van der Waals surface area contributed by atoms with E-state index < -0.39 is 57.5 Å². The molecule has 228 valence electrons. The lowest BCUT2D eigenvalue weighted by molar-refractivity contribution is -0.161. The second-order valence-electron chi connectivity index (χ2n) is 10.8. The number of fused-ring (bicyclic) bond motifs is 1. The molecule has 0 unspecified atom stereocenters.